The SMILES string of the molecule is N[C@@H](Cc1ccc(CC(=O)NCc2ccccc2)cc1)C(=O)O. The van der Waals surface area contributed by atoms with Crippen LogP contribution in [-0.2, 0) is 29.0 Å². The van der Waals surface area contributed by atoms with Gasteiger partial charge in [0.2, 0.25) is 5.91 Å². The fourth-order valence-corrected chi connectivity index (χ4v) is 2.18. The minimum Gasteiger partial charge on any atom is -0.480 e. The number of carboxylic acids is 1. The van der Waals surface area contributed by atoms with E-state index in [0.717, 1.165) is 16.7 Å². The van der Waals surface area contributed by atoms with Crippen molar-refractivity contribution < 1.29 is 14.7 Å². The molecule has 0 saturated carbocycles. The lowest BCUT2D eigenvalue weighted by Crippen LogP contribution is -2.32. The number of hydrogen-bond donors (Lipinski definition) is 3. The van der Waals surface area contributed by atoms with Crippen molar-refractivity contribution >= 4 is 11.9 Å². The molecule has 0 aliphatic carbocycles. The molecule has 0 bridgehead atoms. The third-order valence-corrected chi connectivity index (χ3v) is 3.49. The highest BCUT2D eigenvalue weighted by Crippen LogP contribution is 2.08. The molecule has 0 aliphatic heterocycles. The first-order chi connectivity index (χ1) is 11.0. The summed E-state index contributed by atoms with van der Waals surface area (Å²) in [6.07, 6.45) is 0.563. The van der Waals surface area contributed by atoms with Gasteiger partial charge in [0, 0.05) is 6.54 Å². The highest BCUT2D eigenvalue weighted by molar-refractivity contribution is 5.78. The summed E-state index contributed by atoms with van der Waals surface area (Å²) in [6.45, 7) is 0.505. The van der Waals surface area contributed by atoms with E-state index in [0.29, 0.717) is 6.54 Å². The molecule has 1 atom stereocenters. The first-order valence-corrected chi connectivity index (χ1v) is 7.41. The van der Waals surface area contributed by atoms with Crippen LogP contribution in [0.2, 0.25) is 0 Å². The lowest BCUT2D eigenvalue weighted by molar-refractivity contribution is -0.138. The van der Waals surface area contributed by atoms with Crippen LogP contribution in [0.4, 0.5) is 0 Å². The van der Waals surface area contributed by atoms with Crippen LogP contribution in [0.5, 0.6) is 0 Å². The lowest BCUT2D eigenvalue weighted by Gasteiger charge is -2.08. The van der Waals surface area contributed by atoms with E-state index in [1.807, 2.05) is 54.6 Å². The molecule has 0 saturated heterocycles. The van der Waals surface area contributed by atoms with Gasteiger partial charge < -0.3 is 16.2 Å². The van der Waals surface area contributed by atoms with Crippen molar-refractivity contribution in [3.8, 4) is 0 Å². The van der Waals surface area contributed by atoms with E-state index in [-0.39, 0.29) is 18.7 Å². The molecule has 23 heavy (non-hydrogen) atoms. The third-order valence-electron chi connectivity index (χ3n) is 3.49. The Morgan fingerprint density at radius 1 is 0.957 bits per heavy atom. The van der Waals surface area contributed by atoms with Crippen molar-refractivity contribution in [2.75, 3.05) is 0 Å². The Balaban J connectivity index is 1.83. The Hall–Kier alpha value is -2.66. The smallest absolute Gasteiger partial charge is 0.320 e. The van der Waals surface area contributed by atoms with Gasteiger partial charge in [0.05, 0.1) is 6.42 Å². The Morgan fingerprint density at radius 3 is 2.17 bits per heavy atom. The van der Waals surface area contributed by atoms with Crippen molar-refractivity contribution in [3.05, 3.63) is 71.3 Å². The topological polar surface area (TPSA) is 92.4 Å². The van der Waals surface area contributed by atoms with Gasteiger partial charge in [-0.05, 0) is 23.1 Å². The number of hydrogen-bond acceptors (Lipinski definition) is 3. The first-order valence-electron chi connectivity index (χ1n) is 7.41. The van der Waals surface area contributed by atoms with Crippen LogP contribution in [0.15, 0.2) is 54.6 Å². The molecule has 0 spiro atoms. The molecule has 4 N–H and O–H groups in total. The summed E-state index contributed by atoms with van der Waals surface area (Å²) in [6, 6.07) is 16.1. The maximum Gasteiger partial charge on any atom is 0.320 e. The molecule has 0 fully saturated rings. The van der Waals surface area contributed by atoms with Gasteiger partial charge in [-0.3, -0.25) is 9.59 Å². The number of rotatable bonds is 7. The van der Waals surface area contributed by atoms with E-state index in [4.69, 9.17) is 10.8 Å². The lowest BCUT2D eigenvalue weighted by atomic mass is 10.0. The number of benzene rings is 2. The zero-order chi connectivity index (χ0) is 16.7. The molecular weight excluding hydrogens is 292 g/mol. The van der Waals surface area contributed by atoms with E-state index in [9.17, 15) is 9.59 Å². The zero-order valence-corrected chi connectivity index (χ0v) is 12.7. The van der Waals surface area contributed by atoms with Crippen LogP contribution in [0, 0.1) is 0 Å². The van der Waals surface area contributed by atoms with E-state index >= 15 is 0 Å². The maximum atomic E-state index is 11.9. The summed E-state index contributed by atoms with van der Waals surface area (Å²) in [5.41, 5.74) is 8.27. The summed E-state index contributed by atoms with van der Waals surface area (Å²) in [4.78, 5) is 22.7. The summed E-state index contributed by atoms with van der Waals surface area (Å²) >= 11 is 0. The molecule has 1 amide bonds. The molecule has 0 heterocycles. The third kappa shape index (κ3) is 5.56. The van der Waals surface area contributed by atoms with Crippen LogP contribution >= 0.6 is 0 Å². The molecular formula is C18H20N2O3. The molecule has 120 valence electrons. The number of carbonyl (C=O) groups is 2. The molecule has 2 aromatic carbocycles. The van der Waals surface area contributed by atoms with Gasteiger partial charge in [0.1, 0.15) is 6.04 Å². The minimum absolute atomic E-state index is 0.0520. The van der Waals surface area contributed by atoms with Gasteiger partial charge in [-0.1, -0.05) is 54.6 Å². The Labute approximate surface area is 135 Å². The quantitative estimate of drug-likeness (QED) is 0.722. The molecule has 0 unspecified atom stereocenters. The number of carboxylic acid groups (broad SMARTS) is 1. The van der Waals surface area contributed by atoms with E-state index in [1.54, 1.807) is 0 Å². The van der Waals surface area contributed by atoms with Crippen molar-refractivity contribution in [2.45, 2.75) is 25.4 Å². The molecule has 2 aromatic rings. The van der Waals surface area contributed by atoms with Gasteiger partial charge in [0.15, 0.2) is 0 Å². The van der Waals surface area contributed by atoms with Crippen molar-refractivity contribution in [1.82, 2.24) is 5.32 Å². The number of carbonyl (C=O) groups excluding carboxylic acids is 1. The van der Waals surface area contributed by atoms with Crippen LogP contribution < -0.4 is 11.1 Å². The molecule has 0 aliphatic rings. The second-order valence-electron chi connectivity index (χ2n) is 5.40. The average Bonchev–Trinajstić information content (AvgIpc) is 2.55. The normalized spacial score (nSPS) is 11.7. The second kappa shape index (κ2) is 8.10. The average molecular weight is 312 g/mol. The number of nitrogens with one attached hydrogen (secondary N) is 1. The van der Waals surface area contributed by atoms with Crippen molar-refractivity contribution in [2.24, 2.45) is 5.73 Å². The number of nitrogens with two attached hydrogens (primary N) is 1. The van der Waals surface area contributed by atoms with Crippen LogP contribution in [0.1, 0.15) is 16.7 Å². The summed E-state index contributed by atoms with van der Waals surface area (Å²) < 4.78 is 0. The molecule has 5 heteroatoms. The standard InChI is InChI=1S/C18H20N2O3/c19-16(18(22)23)10-13-6-8-14(9-7-13)11-17(21)20-12-15-4-2-1-3-5-15/h1-9,16H,10-12,19H2,(H,20,21)(H,22,23)/t16-/m0/s1. The monoisotopic (exact) mass is 312 g/mol. The van der Waals surface area contributed by atoms with Crippen molar-refractivity contribution in [3.63, 3.8) is 0 Å². The summed E-state index contributed by atoms with van der Waals surface area (Å²) in [5.74, 6) is -1.07. The fourth-order valence-electron chi connectivity index (χ4n) is 2.18. The van der Waals surface area contributed by atoms with Gasteiger partial charge in [-0.25, -0.2) is 0 Å². The van der Waals surface area contributed by atoms with Crippen LogP contribution in [0.3, 0.4) is 0 Å². The van der Waals surface area contributed by atoms with Gasteiger partial charge in [-0.15, -0.1) is 0 Å². The van der Waals surface area contributed by atoms with E-state index in [2.05, 4.69) is 5.32 Å². The second-order valence-corrected chi connectivity index (χ2v) is 5.40. The fraction of sp³-hybridized carbons (Fsp3) is 0.222. The molecule has 0 aromatic heterocycles. The highest BCUT2D eigenvalue weighted by Gasteiger charge is 2.12. The molecule has 2 rings (SSSR count). The molecule has 0 radical (unpaired) electrons. The highest BCUT2D eigenvalue weighted by atomic mass is 16.4. The van der Waals surface area contributed by atoms with Crippen LogP contribution in [0.25, 0.3) is 0 Å². The van der Waals surface area contributed by atoms with Gasteiger partial charge >= 0.3 is 5.97 Å². The van der Waals surface area contributed by atoms with Crippen molar-refractivity contribution in [1.29, 1.82) is 0 Å². The number of aliphatic carboxylic acids is 1. The van der Waals surface area contributed by atoms with Gasteiger partial charge in [0.25, 0.3) is 0 Å². The van der Waals surface area contributed by atoms with Crippen LogP contribution in [-0.4, -0.2) is 23.0 Å². The first kappa shape index (κ1) is 16.7. The largest absolute Gasteiger partial charge is 0.480 e. The summed E-state index contributed by atoms with van der Waals surface area (Å²) in [5, 5.41) is 11.7. The number of amides is 1. The Kier molecular flexibility index (Phi) is 5.88. The minimum atomic E-state index is -1.02. The zero-order valence-electron chi connectivity index (χ0n) is 12.7. The Morgan fingerprint density at radius 2 is 1.57 bits per heavy atom. The predicted octanol–water partition coefficient (Wildman–Crippen LogP) is 1.50. The van der Waals surface area contributed by atoms with Gasteiger partial charge in [-0.2, -0.15) is 0 Å². The van der Waals surface area contributed by atoms with E-state index < -0.39 is 12.0 Å². The maximum absolute atomic E-state index is 11.9. The summed E-state index contributed by atoms with van der Waals surface area (Å²) in [7, 11) is 0. The van der Waals surface area contributed by atoms with E-state index in [1.165, 1.54) is 0 Å². The molecule has 5 nitrogen and oxygen atoms in total. The Bertz CT molecular complexity index is 654. The predicted molar refractivity (Wildman–Crippen MR) is 87.7 cm³/mol.